The van der Waals surface area contributed by atoms with Gasteiger partial charge in [0.1, 0.15) is 0 Å². The van der Waals surface area contributed by atoms with Crippen molar-refractivity contribution in [1.29, 1.82) is 0 Å². The lowest BCUT2D eigenvalue weighted by Crippen LogP contribution is -2.17. The summed E-state index contributed by atoms with van der Waals surface area (Å²) in [5, 5.41) is 10.1. The Bertz CT molecular complexity index is 409. The van der Waals surface area contributed by atoms with Crippen molar-refractivity contribution in [3.63, 3.8) is 0 Å². The third-order valence-electron chi connectivity index (χ3n) is 1.90. The van der Waals surface area contributed by atoms with Gasteiger partial charge in [0, 0.05) is 0 Å². The van der Waals surface area contributed by atoms with Gasteiger partial charge in [0.05, 0.1) is 5.92 Å². The van der Waals surface area contributed by atoms with E-state index in [9.17, 15) is 4.79 Å². The zero-order valence-electron chi connectivity index (χ0n) is 7.71. The second-order valence-corrected chi connectivity index (χ2v) is 3.16. The summed E-state index contributed by atoms with van der Waals surface area (Å²) in [5.74, 6) is -0.580. The van der Waals surface area contributed by atoms with E-state index in [1.165, 1.54) is 0 Å². The highest BCUT2D eigenvalue weighted by Crippen LogP contribution is 2.30. The fourth-order valence-corrected chi connectivity index (χ4v) is 0.904. The van der Waals surface area contributed by atoms with Crippen LogP contribution in [-0.4, -0.2) is 22.1 Å². The van der Waals surface area contributed by atoms with Gasteiger partial charge in [-0.25, -0.2) is 9.42 Å². The number of carbonyl (C=O) groups is 1. The van der Waals surface area contributed by atoms with Crippen LogP contribution in [0.3, 0.4) is 0 Å². The zero-order valence-corrected chi connectivity index (χ0v) is 7.71. The summed E-state index contributed by atoms with van der Waals surface area (Å²) < 4.78 is 4.31. The standard InChI is InChI=1S/C7H9N5O3/c8-5(4-6(9)12-15-10-4)11-14-7(13)3-1-2-3/h3H,1-2H2,(H2,8,11)(H2,9,12). The van der Waals surface area contributed by atoms with E-state index >= 15 is 0 Å². The van der Waals surface area contributed by atoms with Gasteiger partial charge in [-0.2, -0.15) is 0 Å². The number of rotatable bonds is 3. The minimum Gasteiger partial charge on any atom is -0.379 e. The molecule has 1 aliphatic carbocycles. The Morgan fingerprint density at radius 3 is 2.80 bits per heavy atom. The molecule has 0 amide bonds. The molecule has 1 heterocycles. The summed E-state index contributed by atoms with van der Waals surface area (Å²) in [4.78, 5) is 15.7. The van der Waals surface area contributed by atoms with E-state index in [-0.39, 0.29) is 23.3 Å². The van der Waals surface area contributed by atoms with Crippen LogP contribution in [0.15, 0.2) is 9.78 Å². The van der Waals surface area contributed by atoms with Crippen molar-refractivity contribution >= 4 is 17.6 Å². The lowest BCUT2D eigenvalue weighted by molar-refractivity contribution is -0.145. The maximum atomic E-state index is 11.1. The van der Waals surface area contributed by atoms with E-state index in [4.69, 9.17) is 11.5 Å². The molecule has 1 saturated carbocycles. The number of oxime groups is 1. The molecule has 80 valence electrons. The fourth-order valence-electron chi connectivity index (χ4n) is 0.904. The van der Waals surface area contributed by atoms with Gasteiger partial charge in [-0.1, -0.05) is 5.16 Å². The molecule has 0 aliphatic heterocycles. The second kappa shape index (κ2) is 3.56. The van der Waals surface area contributed by atoms with Crippen molar-refractivity contribution in [1.82, 2.24) is 10.3 Å². The zero-order chi connectivity index (χ0) is 10.8. The van der Waals surface area contributed by atoms with E-state index in [0.717, 1.165) is 12.8 Å². The van der Waals surface area contributed by atoms with Crippen molar-refractivity contribution in [3.8, 4) is 0 Å². The van der Waals surface area contributed by atoms with Crippen LogP contribution in [0, 0.1) is 5.92 Å². The maximum Gasteiger partial charge on any atom is 0.338 e. The van der Waals surface area contributed by atoms with Gasteiger partial charge >= 0.3 is 5.97 Å². The van der Waals surface area contributed by atoms with Gasteiger partial charge < -0.3 is 16.3 Å². The normalized spacial score (nSPS) is 16.4. The van der Waals surface area contributed by atoms with E-state index in [1.54, 1.807) is 0 Å². The number of anilines is 1. The number of amidine groups is 1. The molecule has 0 aromatic carbocycles. The monoisotopic (exact) mass is 211 g/mol. The number of hydrogen-bond acceptors (Lipinski definition) is 7. The Kier molecular flexibility index (Phi) is 2.24. The second-order valence-electron chi connectivity index (χ2n) is 3.16. The number of nitrogen functional groups attached to an aromatic ring is 1. The average molecular weight is 211 g/mol. The van der Waals surface area contributed by atoms with Crippen molar-refractivity contribution in [2.75, 3.05) is 5.73 Å². The molecule has 1 fully saturated rings. The molecule has 1 aromatic rings. The molecule has 0 spiro atoms. The molecule has 8 heteroatoms. The van der Waals surface area contributed by atoms with Gasteiger partial charge in [-0.3, -0.25) is 0 Å². The lowest BCUT2D eigenvalue weighted by atomic mass is 10.4. The predicted octanol–water partition coefficient (Wildman–Crippen LogP) is -0.775. The molecule has 0 saturated heterocycles. The average Bonchev–Trinajstić information content (AvgIpc) is 2.98. The van der Waals surface area contributed by atoms with E-state index in [0.29, 0.717) is 0 Å². The Labute approximate surface area is 84.2 Å². The molecule has 8 nitrogen and oxygen atoms in total. The van der Waals surface area contributed by atoms with Gasteiger partial charge in [0.2, 0.25) is 0 Å². The molecule has 4 N–H and O–H groups in total. The van der Waals surface area contributed by atoms with E-state index in [1.807, 2.05) is 0 Å². The molecule has 15 heavy (non-hydrogen) atoms. The summed E-state index contributed by atoms with van der Waals surface area (Å²) in [5.41, 5.74) is 10.9. The first-order chi connectivity index (χ1) is 7.18. The lowest BCUT2D eigenvalue weighted by Gasteiger charge is -1.96. The summed E-state index contributed by atoms with van der Waals surface area (Å²) in [6.07, 6.45) is 1.67. The summed E-state index contributed by atoms with van der Waals surface area (Å²) in [6, 6.07) is 0. The first-order valence-electron chi connectivity index (χ1n) is 4.31. The Morgan fingerprint density at radius 1 is 1.53 bits per heavy atom. The van der Waals surface area contributed by atoms with Gasteiger partial charge in [-0.05, 0) is 23.2 Å². The van der Waals surface area contributed by atoms with Crippen molar-refractivity contribution in [2.45, 2.75) is 12.8 Å². The maximum absolute atomic E-state index is 11.1. The fraction of sp³-hybridized carbons (Fsp3) is 0.429. The smallest absolute Gasteiger partial charge is 0.338 e. The third-order valence-corrected chi connectivity index (χ3v) is 1.90. The van der Waals surface area contributed by atoms with Crippen LogP contribution in [0.4, 0.5) is 5.82 Å². The topological polar surface area (TPSA) is 130 Å². The van der Waals surface area contributed by atoms with Crippen LogP contribution < -0.4 is 11.5 Å². The third kappa shape index (κ3) is 2.03. The van der Waals surface area contributed by atoms with Crippen molar-refractivity contribution in [2.24, 2.45) is 16.8 Å². The van der Waals surface area contributed by atoms with Crippen LogP contribution in [0.2, 0.25) is 0 Å². The van der Waals surface area contributed by atoms with Crippen molar-refractivity contribution in [3.05, 3.63) is 5.69 Å². The molecule has 1 aromatic heterocycles. The molecule has 0 bridgehead atoms. The van der Waals surface area contributed by atoms with Gasteiger partial charge in [-0.15, -0.1) is 0 Å². The van der Waals surface area contributed by atoms with Gasteiger partial charge in [0.25, 0.3) is 0 Å². The van der Waals surface area contributed by atoms with Crippen LogP contribution in [0.5, 0.6) is 0 Å². The molecule has 0 unspecified atom stereocenters. The minimum atomic E-state index is -0.395. The first-order valence-corrected chi connectivity index (χ1v) is 4.31. The van der Waals surface area contributed by atoms with Crippen LogP contribution in [0.25, 0.3) is 0 Å². The number of hydrogen-bond donors (Lipinski definition) is 2. The number of nitrogens with zero attached hydrogens (tertiary/aromatic N) is 3. The van der Waals surface area contributed by atoms with Gasteiger partial charge in [0.15, 0.2) is 17.3 Å². The molecular weight excluding hydrogens is 202 g/mol. The number of aromatic nitrogens is 2. The Morgan fingerprint density at radius 2 is 2.27 bits per heavy atom. The molecule has 2 rings (SSSR count). The summed E-state index contributed by atoms with van der Waals surface area (Å²) in [6.45, 7) is 0. The summed E-state index contributed by atoms with van der Waals surface area (Å²) in [7, 11) is 0. The van der Waals surface area contributed by atoms with Crippen molar-refractivity contribution < 1.29 is 14.3 Å². The molecular formula is C7H9N5O3. The van der Waals surface area contributed by atoms with Crippen LogP contribution in [0.1, 0.15) is 18.5 Å². The predicted molar refractivity (Wildman–Crippen MR) is 48.3 cm³/mol. The van der Waals surface area contributed by atoms with E-state index in [2.05, 4.69) is 24.9 Å². The SMILES string of the molecule is N/C(=N\OC(=O)C1CC1)c1nonc1N. The Balaban J connectivity index is 2.00. The minimum absolute atomic E-state index is 0.00118. The van der Waals surface area contributed by atoms with E-state index < -0.39 is 5.97 Å². The number of nitrogens with two attached hydrogens (primary N) is 2. The summed E-state index contributed by atoms with van der Waals surface area (Å²) >= 11 is 0. The Hall–Kier alpha value is -2.12. The highest BCUT2D eigenvalue weighted by Gasteiger charge is 2.31. The molecule has 0 radical (unpaired) electrons. The highest BCUT2D eigenvalue weighted by molar-refractivity contribution is 5.99. The van der Waals surface area contributed by atoms with Crippen LogP contribution >= 0.6 is 0 Å². The van der Waals surface area contributed by atoms with Crippen LogP contribution in [-0.2, 0) is 9.63 Å². The first kappa shape index (κ1) is 9.44. The number of carbonyl (C=O) groups excluding carboxylic acids is 1. The largest absolute Gasteiger partial charge is 0.379 e. The highest BCUT2D eigenvalue weighted by atomic mass is 16.7. The molecule has 1 aliphatic rings. The quantitative estimate of drug-likeness (QED) is 0.290. The molecule has 0 atom stereocenters.